The normalized spacial score (nSPS) is 14.6. The number of hydrogen-bond donors (Lipinski definition) is 1. The van der Waals surface area contributed by atoms with Crippen molar-refractivity contribution in [3.63, 3.8) is 0 Å². The predicted molar refractivity (Wildman–Crippen MR) is 74.7 cm³/mol. The molecule has 0 saturated heterocycles. The zero-order valence-corrected chi connectivity index (χ0v) is 11.4. The van der Waals surface area contributed by atoms with Gasteiger partial charge in [0.05, 0.1) is 19.0 Å². The first-order valence-electron chi connectivity index (χ1n) is 6.69. The molecule has 0 atom stereocenters. The number of nitrogens with zero attached hydrogens (tertiary/aromatic N) is 2. The average molecular weight is 257 g/mol. The number of nitrogens with one attached hydrogen (secondary N) is 1. The molecule has 4 nitrogen and oxygen atoms in total. The van der Waals surface area contributed by atoms with Gasteiger partial charge in [-0.15, -0.1) is 0 Å². The second kappa shape index (κ2) is 5.05. The van der Waals surface area contributed by atoms with Crippen molar-refractivity contribution < 1.29 is 4.74 Å². The summed E-state index contributed by atoms with van der Waals surface area (Å²) in [5.74, 6) is 0.852. The topological polar surface area (TPSA) is 39.1 Å². The van der Waals surface area contributed by atoms with Crippen LogP contribution < -0.4 is 10.1 Å². The summed E-state index contributed by atoms with van der Waals surface area (Å²) in [7, 11) is 1.68. The molecule has 2 aromatic rings. The van der Waals surface area contributed by atoms with E-state index in [1.54, 1.807) is 7.11 Å². The second-order valence-corrected chi connectivity index (χ2v) is 5.02. The fraction of sp³-hybridized carbons (Fsp3) is 0.400. The Morgan fingerprint density at radius 3 is 3.00 bits per heavy atom. The summed E-state index contributed by atoms with van der Waals surface area (Å²) < 4.78 is 7.22. The van der Waals surface area contributed by atoms with Gasteiger partial charge in [-0.05, 0) is 31.9 Å². The van der Waals surface area contributed by atoms with E-state index in [0.29, 0.717) is 0 Å². The number of methoxy groups -OCH3 is 1. The Bertz CT molecular complexity index is 573. The number of ether oxygens (including phenoxy) is 1. The van der Waals surface area contributed by atoms with Gasteiger partial charge >= 0.3 is 0 Å². The molecular formula is C15H19N3O. The lowest BCUT2D eigenvalue weighted by Crippen LogP contribution is -2.15. The Hall–Kier alpha value is -1.81. The van der Waals surface area contributed by atoms with Crippen LogP contribution in [0.5, 0.6) is 5.75 Å². The lowest BCUT2D eigenvalue weighted by Gasteiger charge is -2.07. The molecule has 4 heteroatoms. The van der Waals surface area contributed by atoms with Crippen LogP contribution in [0.1, 0.15) is 24.1 Å². The van der Waals surface area contributed by atoms with Crippen molar-refractivity contribution in [3.05, 3.63) is 41.7 Å². The highest BCUT2D eigenvalue weighted by Crippen LogP contribution is 2.21. The third kappa shape index (κ3) is 2.63. The van der Waals surface area contributed by atoms with Gasteiger partial charge in [0.1, 0.15) is 5.75 Å². The second-order valence-electron chi connectivity index (χ2n) is 5.02. The molecule has 19 heavy (non-hydrogen) atoms. The van der Waals surface area contributed by atoms with E-state index in [4.69, 9.17) is 4.74 Å². The van der Waals surface area contributed by atoms with Crippen molar-refractivity contribution in [3.8, 4) is 11.4 Å². The molecule has 1 aromatic carbocycles. The van der Waals surface area contributed by atoms with Crippen LogP contribution in [0, 0.1) is 6.92 Å². The minimum atomic E-state index is 0.722. The minimum Gasteiger partial charge on any atom is -0.497 e. The van der Waals surface area contributed by atoms with Gasteiger partial charge in [0.15, 0.2) is 0 Å². The maximum atomic E-state index is 5.26. The van der Waals surface area contributed by atoms with Gasteiger partial charge in [0.2, 0.25) is 0 Å². The van der Waals surface area contributed by atoms with Gasteiger partial charge in [-0.25, -0.2) is 4.68 Å². The molecular weight excluding hydrogens is 238 g/mol. The van der Waals surface area contributed by atoms with Crippen molar-refractivity contribution in [2.45, 2.75) is 32.4 Å². The van der Waals surface area contributed by atoms with E-state index >= 15 is 0 Å². The zero-order chi connectivity index (χ0) is 13.2. The molecule has 0 radical (unpaired) electrons. The van der Waals surface area contributed by atoms with Gasteiger partial charge in [-0.3, -0.25) is 0 Å². The van der Waals surface area contributed by atoms with Crippen molar-refractivity contribution >= 4 is 0 Å². The summed E-state index contributed by atoms with van der Waals surface area (Å²) in [5, 5.41) is 8.00. The van der Waals surface area contributed by atoms with Crippen LogP contribution >= 0.6 is 0 Å². The largest absolute Gasteiger partial charge is 0.497 e. The van der Waals surface area contributed by atoms with Gasteiger partial charge in [-0.1, -0.05) is 6.07 Å². The van der Waals surface area contributed by atoms with E-state index in [1.165, 1.54) is 24.1 Å². The molecule has 100 valence electrons. The van der Waals surface area contributed by atoms with E-state index in [9.17, 15) is 0 Å². The van der Waals surface area contributed by atoms with Gasteiger partial charge in [0.25, 0.3) is 0 Å². The number of hydrogen-bond acceptors (Lipinski definition) is 3. The van der Waals surface area contributed by atoms with Crippen molar-refractivity contribution in [1.82, 2.24) is 15.1 Å². The summed E-state index contributed by atoms with van der Waals surface area (Å²) >= 11 is 0. The molecule has 1 heterocycles. The molecule has 3 rings (SSSR count). The summed E-state index contributed by atoms with van der Waals surface area (Å²) in [6.07, 6.45) is 4.57. The first kappa shape index (κ1) is 12.2. The smallest absolute Gasteiger partial charge is 0.121 e. The zero-order valence-electron chi connectivity index (χ0n) is 11.4. The molecule has 0 amide bonds. The van der Waals surface area contributed by atoms with E-state index < -0.39 is 0 Å². The highest BCUT2D eigenvalue weighted by Gasteiger charge is 2.20. The molecule has 0 aliphatic heterocycles. The summed E-state index contributed by atoms with van der Waals surface area (Å²) in [4.78, 5) is 0. The van der Waals surface area contributed by atoms with Gasteiger partial charge in [-0.2, -0.15) is 5.10 Å². The van der Waals surface area contributed by atoms with Crippen LogP contribution in [0.2, 0.25) is 0 Å². The number of benzene rings is 1. The Labute approximate surface area is 113 Å². The fourth-order valence-electron chi connectivity index (χ4n) is 2.16. The third-order valence-electron chi connectivity index (χ3n) is 3.57. The van der Waals surface area contributed by atoms with Crippen LogP contribution in [0.15, 0.2) is 30.5 Å². The van der Waals surface area contributed by atoms with Crippen molar-refractivity contribution in [2.75, 3.05) is 7.11 Å². The van der Waals surface area contributed by atoms with Gasteiger partial charge in [0, 0.05) is 29.9 Å². The van der Waals surface area contributed by atoms with Gasteiger partial charge < -0.3 is 10.1 Å². The molecule has 1 saturated carbocycles. The lowest BCUT2D eigenvalue weighted by molar-refractivity contribution is 0.414. The highest BCUT2D eigenvalue weighted by molar-refractivity contribution is 5.40. The van der Waals surface area contributed by atoms with E-state index in [1.807, 2.05) is 35.1 Å². The molecule has 0 unspecified atom stereocenters. The first-order chi connectivity index (χ1) is 9.28. The molecule has 1 aromatic heterocycles. The fourth-order valence-corrected chi connectivity index (χ4v) is 2.16. The average Bonchev–Trinajstić information content (AvgIpc) is 3.20. The maximum absolute atomic E-state index is 5.26. The predicted octanol–water partition coefficient (Wildman–Crippen LogP) is 2.44. The molecule has 1 N–H and O–H groups in total. The van der Waals surface area contributed by atoms with Crippen molar-refractivity contribution in [2.24, 2.45) is 0 Å². The summed E-state index contributed by atoms with van der Waals surface area (Å²) in [6.45, 7) is 3.01. The first-order valence-corrected chi connectivity index (χ1v) is 6.69. The van der Waals surface area contributed by atoms with Crippen molar-refractivity contribution in [1.29, 1.82) is 0 Å². The standard InChI is InChI=1S/C15H19N3O/c1-11-12(9-16-13-6-7-13)10-17-18(11)14-4-3-5-15(8-14)19-2/h3-5,8,10,13,16H,6-7,9H2,1-2H3. The highest BCUT2D eigenvalue weighted by atomic mass is 16.5. The Morgan fingerprint density at radius 2 is 2.26 bits per heavy atom. The quantitative estimate of drug-likeness (QED) is 0.894. The number of aromatic nitrogens is 2. The van der Waals surface area contributed by atoms with Crippen LogP contribution in [0.3, 0.4) is 0 Å². The molecule has 0 spiro atoms. The Balaban J connectivity index is 1.83. The SMILES string of the molecule is COc1cccc(-n2ncc(CNC3CC3)c2C)c1. The molecule has 0 bridgehead atoms. The minimum absolute atomic E-state index is 0.722. The van der Waals surface area contributed by atoms with Crippen LogP contribution in [-0.2, 0) is 6.54 Å². The Kier molecular flexibility index (Phi) is 3.25. The number of rotatable bonds is 5. The van der Waals surface area contributed by atoms with E-state index in [2.05, 4.69) is 17.3 Å². The van der Waals surface area contributed by atoms with E-state index in [0.717, 1.165) is 24.0 Å². The molecule has 1 aliphatic rings. The van der Waals surface area contributed by atoms with Crippen LogP contribution in [-0.4, -0.2) is 22.9 Å². The lowest BCUT2D eigenvalue weighted by atomic mass is 10.2. The van der Waals surface area contributed by atoms with Crippen LogP contribution in [0.4, 0.5) is 0 Å². The van der Waals surface area contributed by atoms with Crippen LogP contribution in [0.25, 0.3) is 5.69 Å². The maximum Gasteiger partial charge on any atom is 0.121 e. The van der Waals surface area contributed by atoms with E-state index in [-0.39, 0.29) is 0 Å². The Morgan fingerprint density at radius 1 is 1.42 bits per heavy atom. The monoisotopic (exact) mass is 257 g/mol. The molecule has 1 aliphatic carbocycles. The molecule has 1 fully saturated rings. The third-order valence-corrected chi connectivity index (χ3v) is 3.57. The summed E-state index contributed by atoms with van der Waals surface area (Å²) in [6, 6.07) is 8.69. The summed E-state index contributed by atoms with van der Waals surface area (Å²) in [5.41, 5.74) is 3.48.